The van der Waals surface area contributed by atoms with E-state index in [0.29, 0.717) is 0 Å². The number of para-hydroxylation sites is 1. The maximum atomic E-state index is 12.5. The first-order valence-electron chi connectivity index (χ1n) is 6.24. The maximum absolute atomic E-state index is 12.5. The van der Waals surface area contributed by atoms with Crippen molar-refractivity contribution in [3.8, 4) is 5.75 Å². The lowest BCUT2D eigenvalue weighted by molar-refractivity contribution is -0.137. The molecule has 0 atom stereocenters. The van der Waals surface area contributed by atoms with Gasteiger partial charge in [0, 0.05) is 5.56 Å². The van der Waals surface area contributed by atoms with Gasteiger partial charge in [-0.25, -0.2) is 0 Å². The van der Waals surface area contributed by atoms with Gasteiger partial charge in [0.25, 0.3) is 0 Å². The summed E-state index contributed by atoms with van der Waals surface area (Å²) >= 11 is 0. The van der Waals surface area contributed by atoms with Crippen molar-refractivity contribution in [1.82, 2.24) is 0 Å². The van der Waals surface area contributed by atoms with Gasteiger partial charge in [-0.15, -0.1) is 0 Å². The quantitative estimate of drug-likeness (QED) is 0.638. The molecule has 0 aliphatic carbocycles. The maximum Gasteiger partial charge on any atom is 0.416 e. The Morgan fingerprint density at radius 3 is 2.05 bits per heavy atom. The van der Waals surface area contributed by atoms with Crippen LogP contribution in [0.3, 0.4) is 0 Å². The van der Waals surface area contributed by atoms with E-state index in [2.05, 4.69) is 0 Å². The van der Waals surface area contributed by atoms with E-state index >= 15 is 0 Å². The second-order valence-electron chi connectivity index (χ2n) is 4.43. The number of halogens is 3. The molecule has 0 bridgehead atoms. The molecule has 0 amide bonds. The molecule has 0 aliphatic rings. The molecular weight excluding hydrogens is 297 g/mol. The molecule has 0 unspecified atom stereocenters. The van der Waals surface area contributed by atoms with Crippen molar-refractivity contribution in [3.05, 3.63) is 65.2 Å². The van der Waals surface area contributed by atoms with Crippen molar-refractivity contribution < 1.29 is 27.5 Å². The van der Waals surface area contributed by atoms with Crippen molar-refractivity contribution in [2.45, 2.75) is 6.18 Å². The van der Waals surface area contributed by atoms with E-state index in [4.69, 9.17) is 4.74 Å². The second kappa shape index (κ2) is 6.01. The summed E-state index contributed by atoms with van der Waals surface area (Å²) in [4.78, 5) is 24.2. The highest BCUT2D eigenvalue weighted by atomic mass is 19.4. The summed E-state index contributed by atoms with van der Waals surface area (Å²) in [6, 6.07) is 9.65. The van der Waals surface area contributed by atoms with Crippen LogP contribution in [0, 0.1) is 0 Å². The number of benzene rings is 2. The van der Waals surface area contributed by atoms with Crippen LogP contribution in [-0.2, 0) is 6.18 Å². The molecule has 0 aliphatic heterocycles. The SMILES string of the molecule is COc1ccccc1C(=O)C(=O)c1ccc(C(F)(F)F)cc1. The predicted octanol–water partition coefficient (Wildman–Crippen LogP) is 3.78. The molecule has 0 N–H and O–H groups in total. The molecule has 0 radical (unpaired) electrons. The molecule has 2 aromatic carbocycles. The van der Waals surface area contributed by atoms with Crippen LogP contribution in [0.5, 0.6) is 5.75 Å². The van der Waals surface area contributed by atoms with E-state index in [1.165, 1.54) is 19.2 Å². The number of hydrogen-bond donors (Lipinski definition) is 0. The minimum Gasteiger partial charge on any atom is -0.496 e. The minimum absolute atomic E-state index is 0.0647. The molecule has 22 heavy (non-hydrogen) atoms. The van der Waals surface area contributed by atoms with Gasteiger partial charge in [-0.05, 0) is 24.3 Å². The summed E-state index contributed by atoms with van der Waals surface area (Å²) in [5, 5.41) is 0. The average Bonchev–Trinajstić information content (AvgIpc) is 2.52. The van der Waals surface area contributed by atoms with Gasteiger partial charge in [-0.3, -0.25) is 9.59 Å². The Kier molecular flexibility index (Phi) is 4.30. The molecule has 0 heterocycles. The van der Waals surface area contributed by atoms with Crippen LogP contribution in [-0.4, -0.2) is 18.7 Å². The summed E-state index contributed by atoms with van der Waals surface area (Å²) in [6.07, 6.45) is -4.49. The molecule has 6 heteroatoms. The van der Waals surface area contributed by atoms with Gasteiger partial charge in [-0.1, -0.05) is 24.3 Å². The highest BCUT2D eigenvalue weighted by Crippen LogP contribution is 2.29. The monoisotopic (exact) mass is 308 g/mol. The Morgan fingerprint density at radius 1 is 0.909 bits per heavy atom. The number of methoxy groups -OCH3 is 1. The lowest BCUT2D eigenvalue weighted by Gasteiger charge is -2.08. The molecule has 114 valence electrons. The van der Waals surface area contributed by atoms with Crippen LogP contribution >= 0.6 is 0 Å². The normalized spacial score (nSPS) is 11.1. The zero-order valence-electron chi connectivity index (χ0n) is 11.5. The zero-order valence-corrected chi connectivity index (χ0v) is 11.5. The molecule has 2 rings (SSSR count). The molecular formula is C16H11F3O3. The molecule has 0 saturated heterocycles. The van der Waals surface area contributed by atoms with Gasteiger partial charge in [-0.2, -0.15) is 13.2 Å². The summed E-state index contributed by atoms with van der Waals surface area (Å²) in [5.74, 6) is -1.50. The van der Waals surface area contributed by atoms with Crippen molar-refractivity contribution >= 4 is 11.6 Å². The Balaban J connectivity index is 2.30. The van der Waals surface area contributed by atoms with E-state index in [9.17, 15) is 22.8 Å². The molecule has 0 aromatic heterocycles. The number of rotatable bonds is 4. The number of hydrogen-bond acceptors (Lipinski definition) is 3. The smallest absolute Gasteiger partial charge is 0.416 e. The van der Waals surface area contributed by atoms with Gasteiger partial charge < -0.3 is 4.74 Å². The molecule has 0 fully saturated rings. The third-order valence-corrected chi connectivity index (χ3v) is 3.03. The number of ether oxygens (including phenoxy) is 1. The Bertz CT molecular complexity index is 703. The Labute approximate surface area is 124 Å². The van der Waals surface area contributed by atoms with Crippen molar-refractivity contribution in [2.75, 3.05) is 7.11 Å². The topological polar surface area (TPSA) is 43.4 Å². The molecule has 0 saturated carbocycles. The molecule has 3 nitrogen and oxygen atoms in total. The van der Waals surface area contributed by atoms with E-state index in [1.54, 1.807) is 12.1 Å². The highest BCUT2D eigenvalue weighted by Gasteiger charge is 2.30. The lowest BCUT2D eigenvalue weighted by Crippen LogP contribution is -2.16. The fourth-order valence-corrected chi connectivity index (χ4v) is 1.90. The van der Waals surface area contributed by atoms with Gasteiger partial charge in [0.15, 0.2) is 0 Å². The lowest BCUT2D eigenvalue weighted by atomic mass is 10.00. The summed E-state index contributed by atoms with van der Waals surface area (Å²) in [5.41, 5.74) is -0.924. The van der Waals surface area contributed by atoms with E-state index in [1.807, 2.05) is 0 Å². The number of ketones is 2. The fraction of sp³-hybridized carbons (Fsp3) is 0.125. The minimum atomic E-state index is -4.49. The fourth-order valence-electron chi connectivity index (χ4n) is 1.90. The number of carbonyl (C=O) groups excluding carboxylic acids is 2. The van der Waals surface area contributed by atoms with Gasteiger partial charge in [0.1, 0.15) is 5.75 Å². The van der Waals surface area contributed by atoms with E-state index in [0.717, 1.165) is 24.3 Å². The Morgan fingerprint density at radius 2 is 1.50 bits per heavy atom. The number of carbonyl (C=O) groups is 2. The van der Waals surface area contributed by atoms with Crippen LogP contribution in [0.4, 0.5) is 13.2 Å². The summed E-state index contributed by atoms with van der Waals surface area (Å²) < 4.78 is 42.4. The first-order valence-corrected chi connectivity index (χ1v) is 6.24. The van der Waals surface area contributed by atoms with E-state index in [-0.39, 0.29) is 16.9 Å². The van der Waals surface area contributed by atoms with Gasteiger partial charge in [0.05, 0.1) is 18.2 Å². The second-order valence-corrected chi connectivity index (χ2v) is 4.43. The standard InChI is InChI=1S/C16H11F3O3/c1-22-13-5-3-2-4-12(13)15(21)14(20)10-6-8-11(9-7-10)16(17,18)19/h2-9H,1H3. The average molecular weight is 308 g/mol. The number of alkyl halides is 3. The van der Waals surface area contributed by atoms with Crippen LogP contribution in [0.1, 0.15) is 26.3 Å². The van der Waals surface area contributed by atoms with Crippen LogP contribution in [0.25, 0.3) is 0 Å². The van der Waals surface area contributed by atoms with Crippen molar-refractivity contribution in [2.24, 2.45) is 0 Å². The number of Topliss-reactive ketones (excluding diaryl/α,β-unsaturated/α-hetero) is 2. The Hall–Kier alpha value is -2.63. The van der Waals surface area contributed by atoms with Crippen LogP contribution in [0.15, 0.2) is 48.5 Å². The molecule has 0 spiro atoms. The largest absolute Gasteiger partial charge is 0.496 e. The van der Waals surface area contributed by atoms with Crippen LogP contribution < -0.4 is 4.74 Å². The summed E-state index contributed by atoms with van der Waals surface area (Å²) in [7, 11) is 1.36. The molecule has 2 aromatic rings. The van der Waals surface area contributed by atoms with Gasteiger partial charge >= 0.3 is 6.18 Å². The van der Waals surface area contributed by atoms with Gasteiger partial charge in [0.2, 0.25) is 11.6 Å². The predicted molar refractivity (Wildman–Crippen MR) is 73.1 cm³/mol. The summed E-state index contributed by atoms with van der Waals surface area (Å²) in [6.45, 7) is 0. The first kappa shape index (κ1) is 15.8. The highest BCUT2D eigenvalue weighted by molar-refractivity contribution is 6.49. The van der Waals surface area contributed by atoms with Crippen LogP contribution in [0.2, 0.25) is 0 Å². The van der Waals surface area contributed by atoms with Crippen molar-refractivity contribution in [1.29, 1.82) is 0 Å². The van der Waals surface area contributed by atoms with E-state index < -0.39 is 23.3 Å². The third kappa shape index (κ3) is 3.16. The first-order chi connectivity index (χ1) is 10.3. The third-order valence-electron chi connectivity index (χ3n) is 3.03. The zero-order chi connectivity index (χ0) is 16.3. The van der Waals surface area contributed by atoms with Crippen molar-refractivity contribution in [3.63, 3.8) is 0 Å².